The molecule has 0 radical (unpaired) electrons. The van der Waals surface area contributed by atoms with E-state index in [2.05, 4.69) is 0 Å². The van der Waals surface area contributed by atoms with Crippen molar-refractivity contribution in [1.29, 1.82) is 0 Å². The first-order chi connectivity index (χ1) is 8.80. The van der Waals surface area contributed by atoms with Crippen LogP contribution in [-0.2, 0) is 19.0 Å². The van der Waals surface area contributed by atoms with Gasteiger partial charge in [0.15, 0.2) is 0 Å². The lowest BCUT2D eigenvalue weighted by Gasteiger charge is -2.45. The largest absolute Gasteiger partial charge is 0.444 e. The van der Waals surface area contributed by atoms with Crippen LogP contribution in [0.25, 0.3) is 0 Å². The van der Waals surface area contributed by atoms with Gasteiger partial charge in [-0.25, -0.2) is 4.79 Å². The number of piperidine rings is 1. The van der Waals surface area contributed by atoms with Gasteiger partial charge in [-0.05, 0) is 47.5 Å². The molecule has 0 aromatic rings. The van der Waals surface area contributed by atoms with Crippen molar-refractivity contribution in [2.24, 2.45) is 0 Å². The normalized spacial score (nSPS) is 23.5. The fourth-order valence-corrected chi connectivity index (χ4v) is 2.99. The van der Waals surface area contributed by atoms with E-state index in [1.807, 2.05) is 34.6 Å². The maximum atomic E-state index is 12.2. The quantitative estimate of drug-likeness (QED) is 0.731. The Bertz CT molecular complexity index is 464. The number of carbonyl (C=O) groups is 1. The number of ether oxygens (including phenoxy) is 1. The zero-order valence-corrected chi connectivity index (χ0v) is 13.9. The van der Waals surface area contributed by atoms with Crippen LogP contribution in [0.3, 0.4) is 0 Å². The van der Waals surface area contributed by atoms with Crippen molar-refractivity contribution in [3.63, 3.8) is 0 Å². The van der Waals surface area contributed by atoms with Crippen LogP contribution < -0.4 is 0 Å². The fourth-order valence-electron chi connectivity index (χ4n) is 2.33. The van der Waals surface area contributed by atoms with E-state index >= 15 is 0 Å². The number of hydrogen-bond donors (Lipinski definition) is 0. The first-order valence-corrected chi connectivity index (χ1v) is 8.51. The molecule has 20 heavy (non-hydrogen) atoms. The molecule has 118 valence electrons. The number of nitrogens with zero attached hydrogens (tertiary/aromatic N) is 1. The van der Waals surface area contributed by atoms with Gasteiger partial charge >= 0.3 is 6.09 Å². The summed E-state index contributed by atoms with van der Waals surface area (Å²) >= 11 is 0. The summed E-state index contributed by atoms with van der Waals surface area (Å²) in [6.45, 7) is 9.64. The Labute approximate surface area is 121 Å². The van der Waals surface area contributed by atoms with Gasteiger partial charge < -0.3 is 9.64 Å². The minimum Gasteiger partial charge on any atom is -0.444 e. The average molecular weight is 307 g/mol. The molecule has 0 bridgehead atoms. The molecule has 1 unspecified atom stereocenters. The van der Waals surface area contributed by atoms with E-state index in [-0.39, 0.29) is 6.09 Å². The smallest absolute Gasteiger partial charge is 0.410 e. The topological polar surface area (TPSA) is 72.9 Å². The summed E-state index contributed by atoms with van der Waals surface area (Å²) in [6, 6.07) is 0. The summed E-state index contributed by atoms with van der Waals surface area (Å²) in [5.74, 6) is 0. The molecule has 1 aliphatic rings. The van der Waals surface area contributed by atoms with Crippen molar-refractivity contribution in [2.45, 2.75) is 64.7 Å². The number of hydrogen-bond acceptors (Lipinski definition) is 5. The Hall–Kier alpha value is -0.820. The van der Waals surface area contributed by atoms with Crippen molar-refractivity contribution >= 4 is 16.2 Å². The van der Waals surface area contributed by atoms with Gasteiger partial charge in [-0.2, -0.15) is 8.42 Å². The van der Waals surface area contributed by atoms with E-state index in [0.717, 1.165) is 6.26 Å². The van der Waals surface area contributed by atoms with Crippen molar-refractivity contribution in [3.8, 4) is 0 Å². The molecule has 1 fully saturated rings. The molecule has 1 amide bonds. The summed E-state index contributed by atoms with van der Waals surface area (Å²) in [4.78, 5) is 13.8. The summed E-state index contributed by atoms with van der Waals surface area (Å²) in [6.07, 6.45) is 1.22. The van der Waals surface area contributed by atoms with Crippen LogP contribution >= 0.6 is 0 Å². The molecule has 1 rings (SSSR count). The summed E-state index contributed by atoms with van der Waals surface area (Å²) in [5, 5.41) is 0. The van der Waals surface area contributed by atoms with Crippen molar-refractivity contribution in [3.05, 3.63) is 0 Å². The van der Waals surface area contributed by atoms with E-state index in [4.69, 9.17) is 8.92 Å². The van der Waals surface area contributed by atoms with Gasteiger partial charge in [0.1, 0.15) is 5.60 Å². The highest BCUT2D eigenvalue weighted by Gasteiger charge is 2.40. The standard InChI is InChI=1S/C13H25NO5S/c1-12(2,3)18-11(15)14-8-7-10(9-13(14,4)5)19-20(6,16)17/h10H,7-9H2,1-6H3. The molecule has 1 atom stereocenters. The third-order valence-electron chi connectivity index (χ3n) is 3.06. The lowest BCUT2D eigenvalue weighted by atomic mass is 9.89. The molecule has 6 nitrogen and oxygen atoms in total. The minimum atomic E-state index is -3.48. The van der Waals surface area contributed by atoms with Gasteiger partial charge in [-0.15, -0.1) is 0 Å². The van der Waals surface area contributed by atoms with Gasteiger partial charge in [-0.3, -0.25) is 4.18 Å². The van der Waals surface area contributed by atoms with E-state index in [9.17, 15) is 13.2 Å². The molecule has 0 spiro atoms. The van der Waals surface area contributed by atoms with Crippen LogP contribution in [0.4, 0.5) is 4.79 Å². The molecule has 0 N–H and O–H groups in total. The lowest BCUT2D eigenvalue weighted by Crippen LogP contribution is -2.55. The number of rotatable bonds is 2. The number of amides is 1. The van der Waals surface area contributed by atoms with Gasteiger partial charge in [-0.1, -0.05) is 0 Å². The Morgan fingerprint density at radius 3 is 2.25 bits per heavy atom. The highest BCUT2D eigenvalue weighted by atomic mass is 32.2. The summed E-state index contributed by atoms with van der Waals surface area (Å²) in [7, 11) is -3.48. The van der Waals surface area contributed by atoms with Crippen molar-refractivity contribution in [2.75, 3.05) is 12.8 Å². The number of likely N-dealkylation sites (tertiary alicyclic amines) is 1. The molecule has 1 heterocycles. The maximum absolute atomic E-state index is 12.2. The lowest BCUT2D eigenvalue weighted by molar-refractivity contribution is -0.0249. The van der Waals surface area contributed by atoms with Crippen LogP contribution in [0.1, 0.15) is 47.5 Å². The highest BCUT2D eigenvalue weighted by molar-refractivity contribution is 7.86. The second-order valence-electron chi connectivity index (χ2n) is 6.86. The molecule has 7 heteroatoms. The zero-order valence-electron chi connectivity index (χ0n) is 13.1. The first-order valence-electron chi connectivity index (χ1n) is 6.69. The molecular weight excluding hydrogens is 282 g/mol. The van der Waals surface area contributed by atoms with Gasteiger partial charge in [0.2, 0.25) is 0 Å². The predicted octanol–water partition coefficient (Wildman–Crippen LogP) is 2.14. The molecule has 1 aliphatic heterocycles. The second-order valence-corrected chi connectivity index (χ2v) is 8.46. The predicted molar refractivity (Wildman–Crippen MR) is 76.0 cm³/mol. The van der Waals surface area contributed by atoms with Crippen LogP contribution in [0.2, 0.25) is 0 Å². The van der Waals surface area contributed by atoms with Gasteiger partial charge in [0, 0.05) is 12.1 Å². The zero-order chi connectivity index (χ0) is 15.8. The van der Waals surface area contributed by atoms with E-state index < -0.39 is 27.4 Å². The average Bonchev–Trinajstić information content (AvgIpc) is 2.09. The molecule has 0 aromatic carbocycles. The molecule has 0 aromatic heterocycles. The maximum Gasteiger partial charge on any atom is 0.410 e. The first kappa shape index (κ1) is 17.2. The SMILES string of the molecule is CC(C)(C)OC(=O)N1CCC(OS(C)(=O)=O)CC1(C)C. The second kappa shape index (κ2) is 5.52. The molecule has 1 saturated heterocycles. The van der Waals surface area contributed by atoms with Crippen LogP contribution in [-0.4, -0.2) is 49.5 Å². The fraction of sp³-hybridized carbons (Fsp3) is 0.923. The van der Waals surface area contributed by atoms with Crippen LogP contribution in [0, 0.1) is 0 Å². The van der Waals surface area contributed by atoms with E-state index in [1.54, 1.807) is 4.90 Å². The Morgan fingerprint density at radius 1 is 1.30 bits per heavy atom. The highest BCUT2D eigenvalue weighted by Crippen LogP contribution is 2.31. The van der Waals surface area contributed by atoms with Gasteiger partial charge in [0.05, 0.1) is 12.4 Å². The number of carbonyl (C=O) groups excluding carboxylic acids is 1. The minimum absolute atomic E-state index is 0.375. The van der Waals surface area contributed by atoms with Crippen molar-refractivity contribution < 1.29 is 22.1 Å². The monoisotopic (exact) mass is 307 g/mol. The Balaban J connectivity index is 2.73. The van der Waals surface area contributed by atoms with Gasteiger partial charge in [0.25, 0.3) is 10.1 Å². The molecule has 0 aliphatic carbocycles. The van der Waals surface area contributed by atoms with E-state index in [0.29, 0.717) is 19.4 Å². The third kappa shape index (κ3) is 5.28. The Morgan fingerprint density at radius 2 is 1.85 bits per heavy atom. The van der Waals surface area contributed by atoms with Crippen LogP contribution in [0.15, 0.2) is 0 Å². The molecule has 0 saturated carbocycles. The van der Waals surface area contributed by atoms with Crippen molar-refractivity contribution in [1.82, 2.24) is 4.90 Å². The summed E-state index contributed by atoms with van der Waals surface area (Å²) in [5.41, 5.74) is -1.05. The van der Waals surface area contributed by atoms with E-state index in [1.165, 1.54) is 0 Å². The Kier molecular flexibility index (Phi) is 4.76. The third-order valence-corrected chi connectivity index (χ3v) is 3.68. The summed E-state index contributed by atoms with van der Waals surface area (Å²) < 4.78 is 32.8. The van der Waals surface area contributed by atoms with Crippen LogP contribution in [0.5, 0.6) is 0 Å². The molecular formula is C13H25NO5S.